The Morgan fingerprint density at radius 1 is 1.21 bits per heavy atom. The fourth-order valence-electron chi connectivity index (χ4n) is 1.03. The maximum atomic E-state index is 11.2. The molecule has 0 fully saturated rings. The Bertz CT molecular complexity index is 272. The van der Waals surface area contributed by atoms with Gasteiger partial charge in [-0.15, -0.1) is 11.6 Å². The first-order chi connectivity index (χ1) is 6.83. The maximum Gasteiger partial charge on any atom is 0.311 e. The molecule has 0 aliphatic rings. The van der Waals surface area contributed by atoms with Gasteiger partial charge < -0.3 is 4.74 Å². The number of hydrogen-bond donors (Lipinski definition) is 0. The number of rotatable bonds is 5. The van der Waals surface area contributed by atoms with Crippen molar-refractivity contribution in [3.05, 3.63) is 30.3 Å². The Morgan fingerprint density at radius 2 is 1.93 bits per heavy atom. The number of hydrogen-bond acceptors (Lipinski definition) is 2. The van der Waals surface area contributed by atoms with Gasteiger partial charge >= 0.3 is 5.97 Å². The molecule has 1 aromatic rings. The Hall–Kier alpha value is -1.02. The standard InChI is InChI=1S/C11H13ClO2/c12-9-5-4-8-11(13)14-10-6-2-1-3-7-10/h1-3,6-7H,4-5,8-9H2. The highest BCUT2D eigenvalue weighted by Crippen LogP contribution is 2.10. The first-order valence-electron chi connectivity index (χ1n) is 4.64. The van der Waals surface area contributed by atoms with Crippen LogP contribution < -0.4 is 4.74 Å². The summed E-state index contributed by atoms with van der Waals surface area (Å²) in [7, 11) is 0. The van der Waals surface area contributed by atoms with Crippen LogP contribution in [0, 0.1) is 0 Å². The predicted molar refractivity (Wildman–Crippen MR) is 56.6 cm³/mol. The van der Waals surface area contributed by atoms with Crippen molar-refractivity contribution < 1.29 is 9.53 Å². The molecule has 0 radical (unpaired) electrons. The van der Waals surface area contributed by atoms with E-state index in [2.05, 4.69) is 0 Å². The molecule has 0 aliphatic carbocycles. The van der Waals surface area contributed by atoms with Crippen LogP contribution in [-0.2, 0) is 4.79 Å². The van der Waals surface area contributed by atoms with Crippen LogP contribution >= 0.6 is 11.6 Å². The molecule has 0 bridgehead atoms. The molecule has 1 rings (SSSR count). The number of carbonyl (C=O) groups excluding carboxylic acids is 1. The second kappa shape index (κ2) is 6.44. The minimum absolute atomic E-state index is 0.193. The van der Waals surface area contributed by atoms with Crippen molar-refractivity contribution in [2.45, 2.75) is 19.3 Å². The molecule has 14 heavy (non-hydrogen) atoms. The minimum atomic E-state index is -0.193. The Balaban J connectivity index is 2.27. The fourth-order valence-corrected chi connectivity index (χ4v) is 1.22. The summed E-state index contributed by atoms with van der Waals surface area (Å²) < 4.78 is 5.08. The third kappa shape index (κ3) is 4.28. The van der Waals surface area contributed by atoms with E-state index in [0.29, 0.717) is 18.1 Å². The van der Waals surface area contributed by atoms with Crippen LogP contribution in [0.2, 0.25) is 0 Å². The van der Waals surface area contributed by atoms with Crippen LogP contribution in [0.5, 0.6) is 5.75 Å². The van der Waals surface area contributed by atoms with Crippen LogP contribution in [0.15, 0.2) is 30.3 Å². The number of para-hydroxylation sites is 1. The number of esters is 1. The molecule has 0 amide bonds. The molecule has 76 valence electrons. The topological polar surface area (TPSA) is 26.3 Å². The summed E-state index contributed by atoms with van der Waals surface area (Å²) in [5, 5.41) is 0. The van der Waals surface area contributed by atoms with Gasteiger partial charge in [0.2, 0.25) is 0 Å². The summed E-state index contributed by atoms with van der Waals surface area (Å²) in [6.45, 7) is 0. The van der Waals surface area contributed by atoms with Gasteiger partial charge in [0.05, 0.1) is 0 Å². The monoisotopic (exact) mass is 212 g/mol. The van der Waals surface area contributed by atoms with Gasteiger partial charge in [0.1, 0.15) is 5.75 Å². The summed E-state index contributed by atoms with van der Waals surface area (Å²) in [5.41, 5.74) is 0. The average molecular weight is 213 g/mol. The van der Waals surface area contributed by atoms with Gasteiger partial charge in [-0.2, -0.15) is 0 Å². The third-order valence-corrected chi connectivity index (χ3v) is 2.01. The van der Waals surface area contributed by atoms with E-state index in [1.54, 1.807) is 12.1 Å². The third-order valence-electron chi connectivity index (χ3n) is 1.74. The Kier molecular flexibility index (Phi) is 5.08. The van der Waals surface area contributed by atoms with Crippen molar-refractivity contribution in [3.8, 4) is 5.75 Å². The van der Waals surface area contributed by atoms with Crippen LogP contribution in [0.1, 0.15) is 19.3 Å². The minimum Gasteiger partial charge on any atom is -0.427 e. The zero-order valence-corrected chi connectivity index (χ0v) is 8.67. The van der Waals surface area contributed by atoms with Crippen LogP contribution in [-0.4, -0.2) is 11.8 Å². The molecule has 0 heterocycles. The number of carbonyl (C=O) groups is 1. The Morgan fingerprint density at radius 3 is 2.57 bits per heavy atom. The molecule has 0 saturated heterocycles. The van der Waals surface area contributed by atoms with Gasteiger partial charge in [-0.25, -0.2) is 0 Å². The fraction of sp³-hybridized carbons (Fsp3) is 0.364. The van der Waals surface area contributed by atoms with E-state index in [0.717, 1.165) is 12.8 Å². The van der Waals surface area contributed by atoms with Gasteiger partial charge in [-0.1, -0.05) is 18.2 Å². The molecular weight excluding hydrogens is 200 g/mol. The van der Waals surface area contributed by atoms with E-state index < -0.39 is 0 Å². The average Bonchev–Trinajstić information content (AvgIpc) is 2.20. The lowest BCUT2D eigenvalue weighted by Gasteiger charge is -2.02. The largest absolute Gasteiger partial charge is 0.427 e. The number of halogens is 1. The predicted octanol–water partition coefficient (Wildman–Crippen LogP) is 3.00. The molecule has 1 aromatic carbocycles. The first-order valence-corrected chi connectivity index (χ1v) is 5.18. The van der Waals surface area contributed by atoms with Crippen molar-refractivity contribution in [2.75, 3.05) is 5.88 Å². The second-order valence-corrected chi connectivity index (χ2v) is 3.31. The molecular formula is C11H13ClO2. The highest BCUT2D eigenvalue weighted by molar-refractivity contribution is 6.17. The molecule has 0 unspecified atom stereocenters. The number of unbranched alkanes of at least 4 members (excludes halogenated alkanes) is 1. The summed E-state index contributed by atoms with van der Waals surface area (Å²) in [4.78, 5) is 11.2. The molecule has 2 nitrogen and oxygen atoms in total. The molecule has 0 N–H and O–H groups in total. The highest BCUT2D eigenvalue weighted by Gasteiger charge is 2.03. The van der Waals surface area contributed by atoms with Gasteiger partial charge in [0.25, 0.3) is 0 Å². The smallest absolute Gasteiger partial charge is 0.311 e. The molecule has 0 aromatic heterocycles. The molecule has 3 heteroatoms. The van der Waals surface area contributed by atoms with Crippen molar-refractivity contribution in [1.29, 1.82) is 0 Å². The van der Waals surface area contributed by atoms with Crippen molar-refractivity contribution in [2.24, 2.45) is 0 Å². The van der Waals surface area contributed by atoms with Gasteiger partial charge in [-0.3, -0.25) is 4.79 Å². The van der Waals surface area contributed by atoms with Crippen molar-refractivity contribution in [3.63, 3.8) is 0 Å². The van der Waals surface area contributed by atoms with Crippen LogP contribution in [0.4, 0.5) is 0 Å². The molecule has 0 spiro atoms. The lowest BCUT2D eigenvalue weighted by atomic mass is 10.2. The van der Waals surface area contributed by atoms with E-state index in [1.165, 1.54) is 0 Å². The highest BCUT2D eigenvalue weighted by atomic mass is 35.5. The Labute approximate surface area is 88.8 Å². The summed E-state index contributed by atoms with van der Waals surface area (Å²) >= 11 is 5.49. The molecule has 0 aliphatic heterocycles. The van der Waals surface area contributed by atoms with E-state index in [1.807, 2.05) is 18.2 Å². The first kappa shape index (κ1) is 11.1. The second-order valence-electron chi connectivity index (χ2n) is 2.93. The summed E-state index contributed by atoms with van der Waals surface area (Å²) in [6, 6.07) is 9.08. The maximum absolute atomic E-state index is 11.2. The lowest BCUT2D eigenvalue weighted by Crippen LogP contribution is -2.07. The quantitative estimate of drug-likeness (QED) is 0.325. The van der Waals surface area contributed by atoms with E-state index >= 15 is 0 Å². The van der Waals surface area contributed by atoms with E-state index in [-0.39, 0.29) is 5.97 Å². The van der Waals surface area contributed by atoms with Gasteiger partial charge in [-0.05, 0) is 25.0 Å². The zero-order chi connectivity index (χ0) is 10.2. The number of alkyl halides is 1. The normalized spacial score (nSPS) is 9.79. The SMILES string of the molecule is O=C(CCCCCl)Oc1ccccc1. The van der Waals surface area contributed by atoms with Crippen molar-refractivity contribution >= 4 is 17.6 Å². The molecule has 0 saturated carbocycles. The van der Waals surface area contributed by atoms with Gasteiger partial charge in [0, 0.05) is 12.3 Å². The van der Waals surface area contributed by atoms with Crippen LogP contribution in [0.25, 0.3) is 0 Å². The zero-order valence-electron chi connectivity index (χ0n) is 7.91. The number of benzene rings is 1. The lowest BCUT2D eigenvalue weighted by molar-refractivity contribution is -0.134. The summed E-state index contributed by atoms with van der Waals surface area (Å²) in [5.74, 6) is 1.00. The van der Waals surface area contributed by atoms with Crippen LogP contribution in [0.3, 0.4) is 0 Å². The number of ether oxygens (including phenoxy) is 1. The van der Waals surface area contributed by atoms with E-state index in [9.17, 15) is 4.79 Å². The van der Waals surface area contributed by atoms with E-state index in [4.69, 9.17) is 16.3 Å². The van der Waals surface area contributed by atoms with Crippen molar-refractivity contribution in [1.82, 2.24) is 0 Å². The van der Waals surface area contributed by atoms with Gasteiger partial charge in [0.15, 0.2) is 0 Å². The summed E-state index contributed by atoms with van der Waals surface area (Å²) in [6.07, 6.45) is 2.07. The molecule has 0 atom stereocenters.